The predicted molar refractivity (Wildman–Crippen MR) is 74.3 cm³/mol. The van der Waals surface area contributed by atoms with Crippen LogP contribution in [0.25, 0.3) is 0 Å². The van der Waals surface area contributed by atoms with Crippen LogP contribution < -0.4 is 11.0 Å². The highest BCUT2D eigenvalue weighted by atomic mass is 16.2. The molecule has 2 saturated heterocycles. The van der Waals surface area contributed by atoms with Gasteiger partial charge in [-0.05, 0) is 24.8 Å². The molecule has 1 N–H and O–H groups in total. The van der Waals surface area contributed by atoms with Crippen LogP contribution in [0, 0.1) is 5.92 Å². The molecule has 7 nitrogen and oxygen atoms in total. The Morgan fingerprint density at radius 3 is 3.05 bits per heavy atom. The van der Waals surface area contributed by atoms with E-state index in [4.69, 9.17) is 0 Å². The number of piperidine rings is 2. The summed E-state index contributed by atoms with van der Waals surface area (Å²) in [5.41, 5.74) is -0.411. The van der Waals surface area contributed by atoms with E-state index in [1.807, 2.05) is 0 Å². The molecule has 2 atom stereocenters. The van der Waals surface area contributed by atoms with Crippen molar-refractivity contribution in [1.29, 1.82) is 0 Å². The van der Waals surface area contributed by atoms with Crippen molar-refractivity contribution in [3.63, 3.8) is 0 Å². The fourth-order valence-corrected chi connectivity index (χ4v) is 3.09. The minimum Gasteiger partial charge on any atom is -0.353 e. The van der Waals surface area contributed by atoms with Crippen LogP contribution >= 0.6 is 0 Å². The maximum atomic E-state index is 12.3. The number of rotatable bonds is 2. The highest BCUT2D eigenvalue weighted by molar-refractivity contribution is 5.78. The lowest BCUT2D eigenvalue weighted by molar-refractivity contribution is -0.135. The van der Waals surface area contributed by atoms with Crippen molar-refractivity contribution in [2.75, 3.05) is 13.1 Å². The van der Waals surface area contributed by atoms with Gasteiger partial charge in [0.25, 0.3) is 0 Å². The standard InChI is InChI=1S/C14H18N4O3/c19-12-3-2-10-8-17(7-4-11(10)16-12)13(20)9-18-6-1-5-15-14(18)21/h1,5-6,10-11H,2-4,7-9H2,(H,16,19). The fraction of sp³-hybridized carbons (Fsp3) is 0.571. The molecule has 2 aliphatic rings. The minimum atomic E-state index is -0.411. The Kier molecular flexibility index (Phi) is 3.72. The van der Waals surface area contributed by atoms with E-state index in [-0.39, 0.29) is 24.4 Å². The molecular formula is C14H18N4O3. The van der Waals surface area contributed by atoms with Crippen LogP contribution in [0.1, 0.15) is 19.3 Å². The molecule has 0 spiro atoms. The number of nitrogens with one attached hydrogen (secondary N) is 1. The van der Waals surface area contributed by atoms with Crippen molar-refractivity contribution in [1.82, 2.24) is 19.8 Å². The summed E-state index contributed by atoms with van der Waals surface area (Å²) in [4.78, 5) is 40.7. The quantitative estimate of drug-likeness (QED) is 0.786. The Balaban J connectivity index is 1.63. The van der Waals surface area contributed by atoms with Gasteiger partial charge in [0.2, 0.25) is 11.8 Å². The van der Waals surface area contributed by atoms with E-state index in [0.717, 1.165) is 12.8 Å². The third-order valence-electron chi connectivity index (χ3n) is 4.26. The van der Waals surface area contributed by atoms with Gasteiger partial charge < -0.3 is 10.2 Å². The number of aromatic nitrogens is 2. The molecule has 3 rings (SSSR count). The normalized spacial score (nSPS) is 25.1. The van der Waals surface area contributed by atoms with Gasteiger partial charge >= 0.3 is 5.69 Å². The largest absolute Gasteiger partial charge is 0.353 e. The average Bonchev–Trinajstić information content (AvgIpc) is 2.49. The first-order valence-corrected chi connectivity index (χ1v) is 7.22. The van der Waals surface area contributed by atoms with Crippen molar-refractivity contribution in [3.05, 3.63) is 28.9 Å². The fourth-order valence-electron chi connectivity index (χ4n) is 3.09. The van der Waals surface area contributed by atoms with Gasteiger partial charge in [0, 0.05) is 37.9 Å². The van der Waals surface area contributed by atoms with Gasteiger partial charge in [0.15, 0.2) is 0 Å². The van der Waals surface area contributed by atoms with Gasteiger partial charge in [-0.3, -0.25) is 14.2 Å². The summed E-state index contributed by atoms with van der Waals surface area (Å²) in [6.07, 6.45) is 5.13. The number of amides is 2. The Morgan fingerprint density at radius 2 is 2.24 bits per heavy atom. The molecule has 2 amide bonds. The number of carbonyl (C=O) groups excluding carboxylic acids is 2. The molecule has 2 unspecified atom stereocenters. The maximum absolute atomic E-state index is 12.3. The average molecular weight is 290 g/mol. The van der Waals surface area contributed by atoms with Crippen LogP contribution in [-0.2, 0) is 16.1 Å². The van der Waals surface area contributed by atoms with E-state index in [1.165, 1.54) is 10.8 Å². The third-order valence-corrected chi connectivity index (χ3v) is 4.26. The van der Waals surface area contributed by atoms with Crippen LogP contribution in [-0.4, -0.2) is 45.4 Å². The molecule has 21 heavy (non-hydrogen) atoms. The molecule has 0 bridgehead atoms. The molecule has 7 heteroatoms. The Labute approximate surface area is 122 Å². The summed E-state index contributed by atoms with van der Waals surface area (Å²) in [5.74, 6) is 0.365. The van der Waals surface area contributed by atoms with E-state index in [2.05, 4.69) is 10.3 Å². The van der Waals surface area contributed by atoms with E-state index < -0.39 is 5.69 Å². The summed E-state index contributed by atoms with van der Waals surface area (Å²) in [5, 5.41) is 2.99. The summed E-state index contributed by atoms with van der Waals surface area (Å²) in [6, 6.07) is 1.83. The minimum absolute atomic E-state index is 0.0242. The molecule has 2 fully saturated rings. The van der Waals surface area contributed by atoms with Crippen molar-refractivity contribution in [2.45, 2.75) is 31.8 Å². The highest BCUT2D eigenvalue weighted by Gasteiger charge is 2.35. The summed E-state index contributed by atoms with van der Waals surface area (Å²) >= 11 is 0. The molecule has 1 aromatic rings. The van der Waals surface area contributed by atoms with Gasteiger partial charge in [-0.1, -0.05) is 0 Å². The van der Waals surface area contributed by atoms with Gasteiger partial charge in [-0.25, -0.2) is 9.78 Å². The zero-order valence-corrected chi connectivity index (χ0v) is 11.7. The second-order valence-electron chi connectivity index (χ2n) is 5.63. The highest BCUT2D eigenvalue weighted by Crippen LogP contribution is 2.25. The number of likely N-dealkylation sites (tertiary alicyclic amines) is 1. The molecule has 112 valence electrons. The first-order chi connectivity index (χ1) is 10.1. The van der Waals surface area contributed by atoms with Crippen molar-refractivity contribution >= 4 is 11.8 Å². The van der Waals surface area contributed by atoms with Crippen LogP contribution in [0.5, 0.6) is 0 Å². The summed E-state index contributed by atoms with van der Waals surface area (Å²) in [7, 11) is 0. The zero-order chi connectivity index (χ0) is 14.8. The molecule has 0 saturated carbocycles. The molecule has 3 heterocycles. The number of hydrogen-bond donors (Lipinski definition) is 1. The molecular weight excluding hydrogens is 272 g/mol. The maximum Gasteiger partial charge on any atom is 0.347 e. The van der Waals surface area contributed by atoms with Crippen LogP contribution in [0.15, 0.2) is 23.3 Å². The third kappa shape index (κ3) is 2.96. The van der Waals surface area contributed by atoms with E-state index >= 15 is 0 Å². The molecule has 0 radical (unpaired) electrons. The van der Waals surface area contributed by atoms with Crippen LogP contribution in [0.4, 0.5) is 0 Å². The number of nitrogens with zero attached hydrogens (tertiary/aromatic N) is 3. The zero-order valence-electron chi connectivity index (χ0n) is 11.7. The molecule has 1 aromatic heterocycles. The summed E-state index contributed by atoms with van der Waals surface area (Å²) in [6.45, 7) is 1.30. The second kappa shape index (κ2) is 5.67. The number of hydrogen-bond acceptors (Lipinski definition) is 4. The molecule has 0 aliphatic carbocycles. The lowest BCUT2D eigenvalue weighted by Gasteiger charge is -2.41. The number of fused-ring (bicyclic) bond motifs is 1. The van der Waals surface area contributed by atoms with E-state index in [1.54, 1.807) is 17.2 Å². The summed E-state index contributed by atoms with van der Waals surface area (Å²) < 4.78 is 1.32. The topological polar surface area (TPSA) is 84.3 Å². The molecule has 2 aliphatic heterocycles. The Morgan fingerprint density at radius 1 is 1.38 bits per heavy atom. The lowest BCUT2D eigenvalue weighted by Crippen LogP contribution is -2.55. The Hall–Kier alpha value is -2.18. The Bertz CT molecular complexity index is 612. The first-order valence-electron chi connectivity index (χ1n) is 7.22. The smallest absolute Gasteiger partial charge is 0.347 e. The van der Waals surface area contributed by atoms with Crippen molar-refractivity contribution < 1.29 is 9.59 Å². The number of carbonyl (C=O) groups is 2. The van der Waals surface area contributed by atoms with Crippen LogP contribution in [0.3, 0.4) is 0 Å². The SMILES string of the molecule is O=C1CCC2CN(C(=O)Cn3cccnc3=O)CCC2N1. The van der Waals surface area contributed by atoms with Gasteiger partial charge in [0.1, 0.15) is 6.54 Å². The van der Waals surface area contributed by atoms with Crippen LogP contribution in [0.2, 0.25) is 0 Å². The van der Waals surface area contributed by atoms with Gasteiger partial charge in [-0.15, -0.1) is 0 Å². The first kappa shape index (κ1) is 13.8. The predicted octanol–water partition coefficient (Wildman–Crippen LogP) is -0.630. The lowest BCUT2D eigenvalue weighted by atomic mass is 9.85. The second-order valence-corrected chi connectivity index (χ2v) is 5.63. The van der Waals surface area contributed by atoms with E-state index in [9.17, 15) is 14.4 Å². The van der Waals surface area contributed by atoms with Crippen molar-refractivity contribution in [2.24, 2.45) is 5.92 Å². The monoisotopic (exact) mass is 290 g/mol. The van der Waals surface area contributed by atoms with Gasteiger partial charge in [0.05, 0.1) is 0 Å². The molecule has 0 aromatic carbocycles. The van der Waals surface area contributed by atoms with E-state index in [0.29, 0.717) is 25.4 Å². The van der Waals surface area contributed by atoms with Gasteiger partial charge in [-0.2, -0.15) is 0 Å². The van der Waals surface area contributed by atoms with Crippen molar-refractivity contribution in [3.8, 4) is 0 Å².